The van der Waals surface area contributed by atoms with Crippen molar-refractivity contribution in [3.63, 3.8) is 0 Å². The van der Waals surface area contributed by atoms with Crippen molar-refractivity contribution in [3.8, 4) is 50.7 Å². The molecule has 0 fully saturated rings. The van der Waals surface area contributed by atoms with Crippen LogP contribution in [0.4, 0.5) is 0 Å². The van der Waals surface area contributed by atoms with Gasteiger partial charge in [-0.05, 0) is 76.9 Å². The van der Waals surface area contributed by atoms with Gasteiger partial charge in [0, 0.05) is 49.3 Å². The van der Waals surface area contributed by atoms with Crippen LogP contribution in [0.5, 0.6) is 0 Å². The van der Waals surface area contributed by atoms with Crippen molar-refractivity contribution in [3.05, 3.63) is 175 Å². The Morgan fingerprint density at radius 2 is 1.04 bits per heavy atom. The van der Waals surface area contributed by atoms with Gasteiger partial charge in [-0.3, -0.25) is 0 Å². The van der Waals surface area contributed by atoms with Gasteiger partial charge in [-0.15, -0.1) is 0 Å². The Morgan fingerprint density at radius 1 is 0.453 bits per heavy atom. The zero-order valence-corrected chi connectivity index (χ0v) is 29.3. The molecule has 4 nitrogen and oxygen atoms in total. The number of benzene rings is 7. The molecular weight excluding hydrogens is 647 g/mol. The van der Waals surface area contributed by atoms with Gasteiger partial charge in [-0.1, -0.05) is 123 Å². The summed E-state index contributed by atoms with van der Waals surface area (Å²) in [5.41, 5.74) is 15.3. The largest absolute Gasteiger partial charge is 0.456 e. The second kappa shape index (κ2) is 11.1. The maximum absolute atomic E-state index is 6.35. The van der Waals surface area contributed by atoms with Crippen LogP contribution < -0.4 is 0 Å². The molecule has 1 aliphatic carbocycles. The van der Waals surface area contributed by atoms with E-state index in [2.05, 4.69) is 152 Å². The predicted octanol–water partition coefficient (Wildman–Crippen LogP) is 12.8. The van der Waals surface area contributed by atoms with Gasteiger partial charge in [0.2, 0.25) is 0 Å². The third-order valence-corrected chi connectivity index (χ3v) is 11.2. The standard InChI is InChI=1S/C49H33N3O/c1-49(2)40-27-45-38(25-36(40)37-26-39-35-18-10-12-20-46(35)53-47(39)28-41(37)49)34-17-9-11-19-44(34)52(45)33-23-21-31(22-24-33)43-29-42(30-13-5-3-6-14-30)50-48(51-43)32-15-7-4-8-16-32/h3-29H,1-2H3. The molecule has 0 bridgehead atoms. The third-order valence-electron chi connectivity index (χ3n) is 11.2. The molecule has 4 heteroatoms. The number of para-hydroxylation sites is 2. The normalized spacial score (nSPS) is 13.2. The van der Waals surface area contributed by atoms with E-state index in [9.17, 15) is 0 Å². The summed E-state index contributed by atoms with van der Waals surface area (Å²) in [5, 5.41) is 4.82. The smallest absolute Gasteiger partial charge is 0.160 e. The monoisotopic (exact) mass is 679 g/mol. The minimum atomic E-state index is -0.197. The van der Waals surface area contributed by atoms with Crippen LogP contribution in [-0.2, 0) is 5.41 Å². The van der Waals surface area contributed by atoms with Crippen LogP contribution in [0.3, 0.4) is 0 Å². The van der Waals surface area contributed by atoms with Crippen molar-refractivity contribution in [1.82, 2.24) is 14.5 Å². The lowest BCUT2D eigenvalue weighted by Gasteiger charge is -2.21. The highest BCUT2D eigenvalue weighted by Gasteiger charge is 2.37. The molecule has 7 aromatic carbocycles. The topological polar surface area (TPSA) is 43.9 Å². The molecule has 0 radical (unpaired) electrons. The van der Waals surface area contributed by atoms with Crippen LogP contribution in [0.25, 0.3) is 94.5 Å². The summed E-state index contributed by atoms with van der Waals surface area (Å²) in [4.78, 5) is 10.1. The van der Waals surface area contributed by atoms with Crippen molar-refractivity contribution >= 4 is 43.7 Å². The summed E-state index contributed by atoms with van der Waals surface area (Å²) in [5.74, 6) is 0.715. The lowest BCUT2D eigenvalue weighted by atomic mass is 9.82. The summed E-state index contributed by atoms with van der Waals surface area (Å²) in [6.07, 6.45) is 0. The van der Waals surface area contributed by atoms with E-state index in [-0.39, 0.29) is 5.41 Å². The fourth-order valence-electron chi connectivity index (χ4n) is 8.54. The Bertz CT molecular complexity index is 3000. The predicted molar refractivity (Wildman–Crippen MR) is 218 cm³/mol. The van der Waals surface area contributed by atoms with E-state index in [0.29, 0.717) is 5.82 Å². The van der Waals surface area contributed by atoms with E-state index in [1.54, 1.807) is 0 Å². The number of hydrogen-bond acceptors (Lipinski definition) is 3. The van der Waals surface area contributed by atoms with Crippen LogP contribution in [0.1, 0.15) is 25.0 Å². The SMILES string of the molecule is CC1(C)c2cc3oc4ccccc4c3cc2-c2cc3c4ccccc4n(-c4ccc(-c5cc(-c6ccccc6)nc(-c6ccccc6)n5)cc4)c3cc21. The van der Waals surface area contributed by atoms with Crippen LogP contribution >= 0.6 is 0 Å². The zero-order valence-electron chi connectivity index (χ0n) is 29.3. The molecule has 53 heavy (non-hydrogen) atoms. The molecule has 1 aliphatic rings. The molecule has 0 aliphatic heterocycles. The first-order chi connectivity index (χ1) is 26.0. The lowest BCUT2D eigenvalue weighted by Crippen LogP contribution is -2.15. The molecule has 0 N–H and O–H groups in total. The Hall–Kier alpha value is -6.78. The Kier molecular flexibility index (Phi) is 6.27. The Balaban J connectivity index is 1.07. The van der Waals surface area contributed by atoms with Crippen LogP contribution in [-0.4, -0.2) is 14.5 Å². The number of rotatable bonds is 4. The number of hydrogen-bond donors (Lipinski definition) is 0. The van der Waals surface area contributed by atoms with Crippen LogP contribution in [0.2, 0.25) is 0 Å². The Morgan fingerprint density at radius 3 is 1.77 bits per heavy atom. The van der Waals surface area contributed by atoms with Crippen molar-refractivity contribution in [2.45, 2.75) is 19.3 Å². The molecule has 11 rings (SSSR count). The van der Waals surface area contributed by atoms with Gasteiger partial charge in [0.1, 0.15) is 11.2 Å². The molecule has 3 heterocycles. The number of aromatic nitrogens is 3. The summed E-state index contributed by atoms with van der Waals surface area (Å²) in [6, 6.07) is 58.1. The molecule has 0 spiro atoms. The van der Waals surface area contributed by atoms with Gasteiger partial charge in [0.15, 0.2) is 5.82 Å². The summed E-state index contributed by atoms with van der Waals surface area (Å²) in [7, 11) is 0. The lowest BCUT2D eigenvalue weighted by molar-refractivity contribution is 0.647. The van der Waals surface area contributed by atoms with Gasteiger partial charge in [0.05, 0.1) is 22.4 Å². The average Bonchev–Trinajstić information content (AvgIpc) is 3.82. The van der Waals surface area contributed by atoms with Gasteiger partial charge >= 0.3 is 0 Å². The molecule has 0 unspecified atom stereocenters. The molecule has 0 saturated heterocycles. The van der Waals surface area contributed by atoms with Crippen molar-refractivity contribution < 1.29 is 4.42 Å². The fourth-order valence-corrected chi connectivity index (χ4v) is 8.54. The van der Waals surface area contributed by atoms with Gasteiger partial charge in [-0.2, -0.15) is 0 Å². The highest BCUT2D eigenvalue weighted by atomic mass is 16.3. The summed E-state index contributed by atoms with van der Waals surface area (Å²) >= 11 is 0. The van der Waals surface area contributed by atoms with E-state index in [0.717, 1.165) is 50.3 Å². The highest BCUT2D eigenvalue weighted by molar-refractivity contribution is 6.13. The minimum Gasteiger partial charge on any atom is -0.456 e. The molecule has 0 atom stereocenters. The third kappa shape index (κ3) is 4.49. The Labute approximate surface area is 306 Å². The number of nitrogens with zero attached hydrogens (tertiary/aromatic N) is 3. The first-order valence-electron chi connectivity index (χ1n) is 18.2. The molecule has 3 aromatic heterocycles. The van der Waals surface area contributed by atoms with Crippen molar-refractivity contribution in [1.29, 1.82) is 0 Å². The second-order valence-electron chi connectivity index (χ2n) is 14.6. The maximum Gasteiger partial charge on any atom is 0.160 e. The quantitative estimate of drug-likeness (QED) is 0.186. The minimum absolute atomic E-state index is 0.197. The number of fused-ring (bicyclic) bond motifs is 9. The maximum atomic E-state index is 6.35. The molecule has 250 valence electrons. The number of furan rings is 1. The van der Waals surface area contributed by atoms with Gasteiger partial charge < -0.3 is 8.98 Å². The first-order valence-corrected chi connectivity index (χ1v) is 18.2. The van der Waals surface area contributed by atoms with E-state index in [1.807, 2.05) is 30.3 Å². The van der Waals surface area contributed by atoms with Gasteiger partial charge in [0.25, 0.3) is 0 Å². The highest BCUT2D eigenvalue weighted by Crippen LogP contribution is 2.53. The average molecular weight is 680 g/mol. The van der Waals surface area contributed by atoms with E-state index in [4.69, 9.17) is 14.4 Å². The van der Waals surface area contributed by atoms with Crippen molar-refractivity contribution in [2.75, 3.05) is 0 Å². The molecule has 10 aromatic rings. The molecule has 0 amide bonds. The van der Waals surface area contributed by atoms with Crippen LogP contribution in [0, 0.1) is 0 Å². The summed E-state index contributed by atoms with van der Waals surface area (Å²) in [6.45, 7) is 4.68. The van der Waals surface area contributed by atoms with Gasteiger partial charge in [-0.25, -0.2) is 9.97 Å². The summed E-state index contributed by atoms with van der Waals surface area (Å²) < 4.78 is 8.77. The van der Waals surface area contributed by atoms with E-state index in [1.165, 1.54) is 49.4 Å². The molecule has 0 saturated carbocycles. The van der Waals surface area contributed by atoms with E-state index >= 15 is 0 Å². The zero-order chi connectivity index (χ0) is 35.3. The van der Waals surface area contributed by atoms with E-state index < -0.39 is 0 Å². The molecular formula is C49H33N3O. The van der Waals surface area contributed by atoms with Crippen LogP contribution in [0.15, 0.2) is 168 Å². The fraction of sp³-hybridized carbons (Fsp3) is 0.0612. The van der Waals surface area contributed by atoms with Crippen molar-refractivity contribution in [2.24, 2.45) is 0 Å². The second-order valence-corrected chi connectivity index (χ2v) is 14.6. The first kappa shape index (κ1) is 29.9.